The summed E-state index contributed by atoms with van der Waals surface area (Å²) in [5.74, 6) is 0. The Hall–Kier alpha value is -1.72. The molecule has 2 heterocycles. The number of aromatic nitrogens is 1. The number of nitrogens with zero attached hydrogens (tertiary/aromatic N) is 2. The smallest absolute Gasteiger partial charge is 0.243 e. The Labute approximate surface area is 138 Å². The minimum absolute atomic E-state index is 0.171. The average Bonchev–Trinajstić information content (AvgIpc) is 2.55. The maximum Gasteiger partial charge on any atom is 0.243 e. The van der Waals surface area contributed by atoms with Crippen LogP contribution in [0.1, 0.15) is 42.1 Å². The van der Waals surface area contributed by atoms with E-state index in [0.717, 1.165) is 36.1 Å². The van der Waals surface area contributed by atoms with Gasteiger partial charge in [-0.1, -0.05) is 24.1 Å². The molecule has 4 nitrogen and oxygen atoms in total. The SMILES string of the molecule is Cc1ccc(S(=O)(=O)N2CCCCC2c2cc(C)ccn2)cc1. The molecule has 0 N–H and O–H groups in total. The molecule has 1 fully saturated rings. The van der Waals surface area contributed by atoms with Crippen LogP contribution in [0.4, 0.5) is 0 Å². The average molecular weight is 330 g/mol. The summed E-state index contributed by atoms with van der Waals surface area (Å²) in [6.45, 7) is 4.51. The molecule has 122 valence electrons. The van der Waals surface area contributed by atoms with E-state index >= 15 is 0 Å². The maximum atomic E-state index is 13.1. The quantitative estimate of drug-likeness (QED) is 0.864. The van der Waals surface area contributed by atoms with Gasteiger partial charge >= 0.3 is 0 Å². The predicted octanol–water partition coefficient (Wildman–Crippen LogP) is 3.61. The lowest BCUT2D eigenvalue weighted by Gasteiger charge is -2.34. The highest BCUT2D eigenvalue weighted by Gasteiger charge is 2.35. The first-order valence-corrected chi connectivity index (χ1v) is 9.43. The molecule has 0 aliphatic carbocycles. The van der Waals surface area contributed by atoms with Crippen molar-refractivity contribution in [2.24, 2.45) is 0 Å². The van der Waals surface area contributed by atoms with Gasteiger partial charge in [0.2, 0.25) is 10.0 Å². The minimum Gasteiger partial charge on any atom is -0.260 e. The molecule has 0 saturated carbocycles. The van der Waals surface area contributed by atoms with E-state index in [9.17, 15) is 8.42 Å². The van der Waals surface area contributed by atoms with E-state index < -0.39 is 10.0 Å². The number of aryl methyl sites for hydroxylation is 2. The molecule has 1 atom stereocenters. The molecule has 0 amide bonds. The number of piperidine rings is 1. The van der Waals surface area contributed by atoms with Gasteiger partial charge in [-0.05, 0) is 56.5 Å². The molecular weight excluding hydrogens is 308 g/mol. The number of pyridine rings is 1. The summed E-state index contributed by atoms with van der Waals surface area (Å²) < 4.78 is 27.8. The highest BCUT2D eigenvalue weighted by atomic mass is 32.2. The van der Waals surface area contributed by atoms with E-state index in [1.54, 1.807) is 22.6 Å². The number of sulfonamides is 1. The topological polar surface area (TPSA) is 50.3 Å². The van der Waals surface area contributed by atoms with Crippen molar-refractivity contribution >= 4 is 10.0 Å². The largest absolute Gasteiger partial charge is 0.260 e. The molecule has 5 heteroatoms. The lowest BCUT2D eigenvalue weighted by atomic mass is 10.0. The van der Waals surface area contributed by atoms with E-state index in [4.69, 9.17) is 0 Å². The van der Waals surface area contributed by atoms with Gasteiger partial charge in [-0.25, -0.2) is 8.42 Å². The summed E-state index contributed by atoms with van der Waals surface area (Å²) >= 11 is 0. The van der Waals surface area contributed by atoms with Crippen LogP contribution in [0.15, 0.2) is 47.5 Å². The fourth-order valence-corrected chi connectivity index (χ4v) is 4.74. The van der Waals surface area contributed by atoms with Gasteiger partial charge in [-0.15, -0.1) is 0 Å². The number of hydrogen-bond acceptors (Lipinski definition) is 3. The van der Waals surface area contributed by atoms with Crippen molar-refractivity contribution < 1.29 is 8.42 Å². The van der Waals surface area contributed by atoms with Gasteiger partial charge in [0.1, 0.15) is 0 Å². The summed E-state index contributed by atoms with van der Waals surface area (Å²) in [6.07, 6.45) is 4.51. The van der Waals surface area contributed by atoms with Crippen LogP contribution in [0.3, 0.4) is 0 Å². The molecule has 3 rings (SSSR count). The number of rotatable bonds is 3. The zero-order valence-corrected chi connectivity index (χ0v) is 14.4. The monoisotopic (exact) mass is 330 g/mol. The van der Waals surface area contributed by atoms with E-state index in [0.29, 0.717) is 11.4 Å². The van der Waals surface area contributed by atoms with Crippen LogP contribution in [0, 0.1) is 13.8 Å². The summed E-state index contributed by atoms with van der Waals surface area (Å²) in [6, 6.07) is 10.8. The fourth-order valence-electron chi connectivity index (χ4n) is 3.08. The Morgan fingerprint density at radius 2 is 1.78 bits per heavy atom. The van der Waals surface area contributed by atoms with Crippen LogP contribution in [0.5, 0.6) is 0 Å². The zero-order chi connectivity index (χ0) is 16.4. The van der Waals surface area contributed by atoms with Crippen molar-refractivity contribution in [2.75, 3.05) is 6.54 Å². The normalized spacial score (nSPS) is 19.7. The van der Waals surface area contributed by atoms with Crippen molar-refractivity contribution in [1.82, 2.24) is 9.29 Å². The van der Waals surface area contributed by atoms with Gasteiger partial charge in [0.15, 0.2) is 0 Å². The van der Waals surface area contributed by atoms with Crippen molar-refractivity contribution in [3.8, 4) is 0 Å². The molecular formula is C18H22N2O2S. The van der Waals surface area contributed by atoms with Gasteiger partial charge in [0.05, 0.1) is 16.6 Å². The molecule has 23 heavy (non-hydrogen) atoms. The standard InChI is InChI=1S/C18H22N2O2S/c1-14-6-8-16(9-7-14)23(21,22)20-12-4-3-5-18(20)17-13-15(2)10-11-19-17/h6-11,13,18H,3-5,12H2,1-2H3. The van der Waals surface area contributed by atoms with Crippen LogP contribution in [0.2, 0.25) is 0 Å². The number of benzene rings is 1. The third-order valence-electron chi connectivity index (χ3n) is 4.36. The van der Waals surface area contributed by atoms with Gasteiger partial charge in [-0.3, -0.25) is 4.98 Å². The Bertz CT molecular complexity index is 785. The van der Waals surface area contributed by atoms with Crippen LogP contribution < -0.4 is 0 Å². The molecule has 0 radical (unpaired) electrons. The number of hydrogen-bond donors (Lipinski definition) is 0. The van der Waals surface area contributed by atoms with E-state index in [2.05, 4.69) is 4.98 Å². The highest BCUT2D eigenvalue weighted by Crippen LogP contribution is 2.34. The van der Waals surface area contributed by atoms with E-state index in [1.807, 2.05) is 38.1 Å². The molecule has 0 spiro atoms. The van der Waals surface area contributed by atoms with Gasteiger partial charge in [0, 0.05) is 12.7 Å². The van der Waals surface area contributed by atoms with Crippen LogP contribution in [0.25, 0.3) is 0 Å². The lowest BCUT2D eigenvalue weighted by Crippen LogP contribution is -2.38. The Morgan fingerprint density at radius 3 is 2.48 bits per heavy atom. The summed E-state index contributed by atoms with van der Waals surface area (Å²) in [7, 11) is -3.50. The Morgan fingerprint density at radius 1 is 1.04 bits per heavy atom. The van der Waals surface area contributed by atoms with Crippen molar-refractivity contribution in [1.29, 1.82) is 0 Å². The Balaban J connectivity index is 1.99. The van der Waals surface area contributed by atoms with Gasteiger partial charge < -0.3 is 0 Å². The lowest BCUT2D eigenvalue weighted by molar-refractivity contribution is 0.251. The third kappa shape index (κ3) is 3.31. The van der Waals surface area contributed by atoms with Gasteiger partial charge in [-0.2, -0.15) is 4.31 Å². The zero-order valence-electron chi connectivity index (χ0n) is 13.6. The molecule has 1 aliphatic rings. The molecule has 1 aromatic carbocycles. The van der Waals surface area contributed by atoms with Crippen molar-refractivity contribution in [3.05, 3.63) is 59.4 Å². The molecule has 1 aromatic heterocycles. The first-order valence-electron chi connectivity index (χ1n) is 7.99. The van der Waals surface area contributed by atoms with Crippen LogP contribution in [-0.4, -0.2) is 24.3 Å². The fraction of sp³-hybridized carbons (Fsp3) is 0.389. The van der Waals surface area contributed by atoms with E-state index in [1.165, 1.54) is 0 Å². The van der Waals surface area contributed by atoms with Crippen molar-refractivity contribution in [2.45, 2.75) is 44.0 Å². The molecule has 0 bridgehead atoms. The first kappa shape index (κ1) is 16.1. The summed E-state index contributed by atoms with van der Waals surface area (Å²) in [5, 5.41) is 0. The highest BCUT2D eigenvalue weighted by molar-refractivity contribution is 7.89. The molecule has 1 aliphatic heterocycles. The second kappa shape index (κ2) is 6.42. The van der Waals surface area contributed by atoms with Crippen molar-refractivity contribution in [3.63, 3.8) is 0 Å². The summed E-state index contributed by atoms with van der Waals surface area (Å²) in [4.78, 5) is 4.79. The third-order valence-corrected chi connectivity index (χ3v) is 6.28. The minimum atomic E-state index is -3.50. The van der Waals surface area contributed by atoms with Gasteiger partial charge in [0.25, 0.3) is 0 Å². The first-order chi connectivity index (χ1) is 11.0. The summed E-state index contributed by atoms with van der Waals surface area (Å²) in [5.41, 5.74) is 3.01. The second-order valence-corrected chi connectivity index (χ2v) is 8.09. The molecule has 2 aromatic rings. The second-order valence-electron chi connectivity index (χ2n) is 6.20. The Kier molecular flexibility index (Phi) is 4.50. The van der Waals surface area contributed by atoms with Crippen LogP contribution in [-0.2, 0) is 10.0 Å². The van der Waals surface area contributed by atoms with E-state index in [-0.39, 0.29) is 6.04 Å². The maximum absolute atomic E-state index is 13.1. The molecule has 1 unspecified atom stereocenters. The predicted molar refractivity (Wildman–Crippen MR) is 90.6 cm³/mol. The molecule has 1 saturated heterocycles. The van der Waals surface area contributed by atoms with Crippen LogP contribution >= 0.6 is 0 Å².